The van der Waals surface area contributed by atoms with Crippen molar-refractivity contribution in [1.82, 2.24) is 0 Å². The standard InChI is InChI=1S/C11H8F3NO/c1-2-8-4-3-5-9(6-8)15-10(16)7-11(12,13)14/h1,3-6H,7H2,(H,15,16). The number of terminal acetylenes is 1. The number of hydrogen-bond acceptors (Lipinski definition) is 1. The number of halogens is 3. The summed E-state index contributed by atoms with van der Waals surface area (Å²) in [5.41, 5.74) is 0.745. The van der Waals surface area contributed by atoms with Gasteiger partial charge in [0.05, 0.1) is 0 Å². The Labute approximate surface area is 90.5 Å². The lowest BCUT2D eigenvalue weighted by Gasteiger charge is -2.07. The average molecular weight is 227 g/mol. The van der Waals surface area contributed by atoms with Crippen LogP contribution in [-0.2, 0) is 4.79 Å². The SMILES string of the molecule is C#Cc1cccc(NC(=O)CC(F)(F)F)c1. The minimum Gasteiger partial charge on any atom is -0.326 e. The Bertz CT molecular complexity index is 432. The molecule has 0 bridgehead atoms. The molecule has 84 valence electrons. The van der Waals surface area contributed by atoms with Gasteiger partial charge in [0.15, 0.2) is 0 Å². The number of carbonyl (C=O) groups excluding carboxylic acids is 1. The molecule has 2 nitrogen and oxygen atoms in total. The van der Waals surface area contributed by atoms with Crippen LogP contribution in [-0.4, -0.2) is 12.1 Å². The van der Waals surface area contributed by atoms with Crippen LogP contribution in [0.4, 0.5) is 18.9 Å². The van der Waals surface area contributed by atoms with Crippen molar-refractivity contribution in [2.24, 2.45) is 0 Å². The fraction of sp³-hybridized carbons (Fsp3) is 0.182. The van der Waals surface area contributed by atoms with Gasteiger partial charge in [0.2, 0.25) is 5.91 Å². The van der Waals surface area contributed by atoms with Gasteiger partial charge in [-0.1, -0.05) is 12.0 Å². The summed E-state index contributed by atoms with van der Waals surface area (Å²) >= 11 is 0. The molecular weight excluding hydrogens is 219 g/mol. The number of alkyl halides is 3. The number of nitrogens with one attached hydrogen (secondary N) is 1. The summed E-state index contributed by atoms with van der Waals surface area (Å²) in [6.45, 7) is 0. The Kier molecular flexibility index (Phi) is 3.56. The van der Waals surface area contributed by atoms with Crippen LogP contribution in [0.15, 0.2) is 24.3 Å². The maximum Gasteiger partial charge on any atom is 0.397 e. The van der Waals surface area contributed by atoms with Crippen LogP contribution in [0.25, 0.3) is 0 Å². The van der Waals surface area contributed by atoms with Gasteiger partial charge in [-0.15, -0.1) is 6.42 Å². The number of anilines is 1. The number of hydrogen-bond donors (Lipinski definition) is 1. The fourth-order valence-electron chi connectivity index (χ4n) is 1.07. The molecule has 1 aromatic rings. The molecule has 0 aromatic heterocycles. The van der Waals surface area contributed by atoms with E-state index in [0.29, 0.717) is 5.56 Å². The zero-order chi connectivity index (χ0) is 12.2. The van der Waals surface area contributed by atoms with E-state index in [1.807, 2.05) is 0 Å². The quantitative estimate of drug-likeness (QED) is 0.773. The van der Waals surface area contributed by atoms with Gasteiger partial charge < -0.3 is 5.32 Å². The van der Waals surface area contributed by atoms with E-state index in [2.05, 4.69) is 11.2 Å². The predicted molar refractivity (Wildman–Crippen MR) is 53.7 cm³/mol. The summed E-state index contributed by atoms with van der Waals surface area (Å²) in [6.07, 6.45) is -0.904. The van der Waals surface area contributed by atoms with Crippen molar-refractivity contribution in [3.63, 3.8) is 0 Å². The van der Waals surface area contributed by atoms with Gasteiger partial charge >= 0.3 is 6.18 Å². The smallest absolute Gasteiger partial charge is 0.326 e. The van der Waals surface area contributed by atoms with Gasteiger partial charge in [0.1, 0.15) is 6.42 Å². The van der Waals surface area contributed by atoms with E-state index in [9.17, 15) is 18.0 Å². The minimum absolute atomic E-state index is 0.254. The van der Waals surface area contributed by atoms with Crippen molar-refractivity contribution >= 4 is 11.6 Å². The first-order valence-corrected chi connectivity index (χ1v) is 4.34. The molecule has 0 spiro atoms. The molecule has 0 heterocycles. The molecule has 1 amide bonds. The van der Waals surface area contributed by atoms with E-state index in [0.717, 1.165) is 0 Å². The monoisotopic (exact) mass is 227 g/mol. The summed E-state index contributed by atoms with van der Waals surface area (Å²) in [6, 6.07) is 6.06. The summed E-state index contributed by atoms with van der Waals surface area (Å²) in [4.78, 5) is 10.9. The van der Waals surface area contributed by atoms with Gasteiger partial charge in [-0.25, -0.2) is 0 Å². The highest BCUT2D eigenvalue weighted by molar-refractivity contribution is 5.91. The summed E-state index contributed by atoms with van der Waals surface area (Å²) < 4.78 is 35.6. The molecule has 0 unspecified atom stereocenters. The first-order valence-electron chi connectivity index (χ1n) is 4.34. The fourth-order valence-corrected chi connectivity index (χ4v) is 1.07. The highest BCUT2D eigenvalue weighted by Crippen LogP contribution is 2.20. The van der Waals surface area contributed by atoms with Crippen molar-refractivity contribution in [1.29, 1.82) is 0 Å². The van der Waals surface area contributed by atoms with Crippen molar-refractivity contribution in [3.8, 4) is 12.3 Å². The van der Waals surface area contributed by atoms with Crippen molar-refractivity contribution in [2.45, 2.75) is 12.6 Å². The maximum atomic E-state index is 11.9. The van der Waals surface area contributed by atoms with Gasteiger partial charge in [-0.2, -0.15) is 13.2 Å². The molecule has 0 aliphatic heterocycles. The van der Waals surface area contributed by atoms with E-state index >= 15 is 0 Å². The largest absolute Gasteiger partial charge is 0.397 e. The number of carbonyl (C=O) groups is 1. The van der Waals surface area contributed by atoms with Crippen LogP contribution in [0, 0.1) is 12.3 Å². The van der Waals surface area contributed by atoms with Crippen LogP contribution < -0.4 is 5.32 Å². The molecule has 0 aliphatic carbocycles. The topological polar surface area (TPSA) is 29.1 Å². The minimum atomic E-state index is -4.51. The lowest BCUT2D eigenvalue weighted by Crippen LogP contribution is -2.21. The van der Waals surface area contributed by atoms with E-state index in [-0.39, 0.29) is 5.69 Å². The maximum absolute atomic E-state index is 11.9. The molecule has 1 N–H and O–H groups in total. The molecule has 1 rings (SSSR count). The molecule has 0 radical (unpaired) electrons. The highest BCUT2D eigenvalue weighted by atomic mass is 19.4. The Morgan fingerprint density at radius 1 is 1.44 bits per heavy atom. The molecule has 1 aromatic carbocycles. The van der Waals surface area contributed by atoms with Crippen molar-refractivity contribution in [2.75, 3.05) is 5.32 Å². The molecule has 0 aliphatic rings. The Morgan fingerprint density at radius 3 is 2.69 bits per heavy atom. The van der Waals surface area contributed by atoms with E-state index < -0.39 is 18.5 Å². The van der Waals surface area contributed by atoms with Gasteiger partial charge in [-0.3, -0.25) is 4.79 Å². The summed E-state index contributed by atoms with van der Waals surface area (Å²) in [7, 11) is 0. The lowest BCUT2D eigenvalue weighted by atomic mass is 10.2. The number of benzene rings is 1. The van der Waals surface area contributed by atoms with Crippen molar-refractivity contribution in [3.05, 3.63) is 29.8 Å². The molecular formula is C11H8F3NO. The van der Waals surface area contributed by atoms with Crippen LogP contribution >= 0.6 is 0 Å². The molecule has 0 fully saturated rings. The Balaban J connectivity index is 2.67. The predicted octanol–water partition coefficient (Wildman–Crippen LogP) is 2.56. The zero-order valence-corrected chi connectivity index (χ0v) is 8.14. The van der Waals surface area contributed by atoms with Crippen LogP contribution in [0.2, 0.25) is 0 Å². The highest BCUT2D eigenvalue weighted by Gasteiger charge is 2.31. The second-order valence-electron chi connectivity index (χ2n) is 3.07. The van der Waals surface area contributed by atoms with Crippen LogP contribution in [0.5, 0.6) is 0 Å². The molecule has 0 saturated heterocycles. The molecule has 0 atom stereocenters. The second-order valence-corrected chi connectivity index (χ2v) is 3.07. The van der Waals surface area contributed by atoms with E-state index in [1.165, 1.54) is 12.1 Å². The third-order valence-corrected chi connectivity index (χ3v) is 1.67. The van der Waals surface area contributed by atoms with E-state index in [4.69, 9.17) is 6.42 Å². The zero-order valence-electron chi connectivity index (χ0n) is 8.14. The van der Waals surface area contributed by atoms with Gasteiger partial charge in [0, 0.05) is 11.3 Å². The van der Waals surface area contributed by atoms with Gasteiger partial charge in [-0.05, 0) is 18.2 Å². The normalized spacial score (nSPS) is 10.6. The van der Waals surface area contributed by atoms with Gasteiger partial charge in [0.25, 0.3) is 0 Å². The third kappa shape index (κ3) is 4.05. The summed E-state index contributed by atoms with van der Waals surface area (Å²) in [5, 5.41) is 2.12. The Morgan fingerprint density at radius 2 is 2.12 bits per heavy atom. The number of amides is 1. The molecule has 16 heavy (non-hydrogen) atoms. The van der Waals surface area contributed by atoms with E-state index in [1.54, 1.807) is 12.1 Å². The lowest BCUT2D eigenvalue weighted by molar-refractivity contribution is -0.150. The average Bonchev–Trinajstić information content (AvgIpc) is 2.15. The molecule has 5 heteroatoms. The summed E-state index contributed by atoms with van der Waals surface area (Å²) in [5.74, 6) is 1.21. The third-order valence-electron chi connectivity index (χ3n) is 1.67. The van der Waals surface area contributed by atoms with Crippen LogP contribution in [0.1, 0.15) is 12.0 Å². The Hall–Kier alpha value is -1.96. The molecule has 0 saturated carbocycles. The number of rotatable bonds is 2. The first-order chi connectivity index (χ1) is 7.40. The van der Waals surface area contributed by atoms with Crippen molar-refractivity contribution < 1.29 is 18.0 Å². The second kappa shape index (κ2) is 4.71. The van der Waals surface area contributed by atoms with Crippen LogP contribution in [0.3, 0.4) is 0 Å². The first kappa shape index (κ1) is 12.1.